The van der Waals surface area contributed by atoms with Crippen LogP contribution >= 0.6 is 0 Å². The second kappa shape index (κ2) is 30.0. The van der Waals surface area contributed by atoms with Crippen molar-refractivity contribution < 1.29 is 163 Å². The Morgan fingerprint density at radius 2 is 0.980 bits per heavy atom. The third kappa shape index (κ3) is 14.0. The second-order valence-electron chi connectivity index (χ2n) is 33.4. The van der Waals surface area contributed by atoms with E-state index in [1.165, 1.54) is 19.4 Å². The van der Waals surface area contributed by atoms with E-state index in [4.69, 9.17) is 66.3 Å². The highest BCUT2D eigenvalue weighted by Gasteiger charge is 2.71. The highest BCUT2D eigenvalue weighted by atomic mass is 16.8. The molecule has 40 atom stereocenters. The van der Waals surface area contributed by atoms with Crippen LogP contribution < -0.4 is 0 Å². The van der Waals surface area contributed by atoms with E-state index in [1.54, 1.807) is 0 Å². The molecule has 102 heavy (non-hydrogen) atoms. The van der Waals surface area contributed by atoms with Crippen LogP contribution in [0.4, 0.5) is 0 Å². The maximum atomic E-state index is 15.4. The van der Waals surface area contributed by atoms with E-state index in [9.17, 15) is 91.9 Å². The molecule has 7 heterocycles. The zero-order chi connectivity index (χ0) is 74.2. The molecule has 12 rings (SSSR count). The minimum absolute atomic E-state index is 0.0736. The van der Waals surface area contributed by atoms with Crippen molar-refractivity contribution in [3.63, 3.8) is 0 Å². The predicted molar refractivity (Wildman–Crippen MR) is 340 cm³/mol. The Morgan fingerprint density at radius 1 is 0.461 bits per heavy atom. The van der Waals surface area contributed by atoms with Gasteiger partial charge in [-0.2, -0.15) is 0 Å². The number of ether oxygens (including phenoxy) is 14. The molecule has 0 aromatic rings. The summed E-state index contributed by atoms with van der Waals surface area (Å²) in [5.74, 6) is -0.708. The number of esters is 1. The number of aliphatic hydroxyl groups excluding tert-OH is 18. The first-order chi connectivity index (χ1) is 47.8. The summed E-state index contributed by atoms with van der Waals surface area (Å²) in [7, 11) is 0. The van der Waals surface area contributed by atoms with Crippen molar-refractivity contribution in [3.8, 4) is 0 Å². The number of hydrogen-bond acceptors (Lipinski definition) is 33. The van der Waals surface area contributed by atoms with Gasteiger partial charge in [-0.25, -0.2) is 0 Å². The quantitative estimate of drug-likeness (QED) is 0.0393. The minimum atomic E-state index is -1.92. The molecule has 11 fully saturated rings. The molecule has 33 nitrogen and oxygen atoms in total. The number of hydrogen-bond donors (Lipinski definition) is 18. The van der Waals surface area contributed by atoms with E-state index in [1.807, 2.05) is 0 Å². The summed E-state index contributed by atoms with van der Waals surface area (Å²) in [6, 6.07) is 0. The highest BCUT2D eigenvalue weighted by Crippen LogP contribution is 2.76. The normalized spacial score (nSPS) is 54.8. The molecule has 18 N–H and O–H groups in total. The average Bonchev–Trinajstić information content (AvgIpc) is 0.675. The number of allylic oxidation sites excluding steroid dienone is 2. The van der Waals surface area contributed by atoms with Crippen molar-refractivity contribution in [2.45, 2.75) is 329 Å². The molecule has 40 unspecified atom stereocenters. The molecule has 7 saturated heterocycles. The monoisotopic (exact) mass is 1470 g/mol. The third-order valence-corrected chi connectivity index (χ3v) is 26.5. The number of aliphatic hydroxyl groups is 18. The van der Waals surface area contributed by atoms with Gasteiger partial charge in [0, 0.05) is 0 Å². The number of carbonyl (C=O) groups excluding carboxylic acids is 1. The number of carbonyl (C=O) groups is 1. The standard InChI is InChI=1S/C69H112O33/c1-26-38(74)44(80)48(84)58(93-26)98-52-33(21-70)95-56(50(86)46(52)82)92-25-34-43(79)45(81)49(85)59(96-34)102-63(88)69-18-16-64(3,4)20-29(69)28-10-11-36-66(7)14-13-37(65(5,6)35(66)12-15-68(36,9)67(28,8)17-19-69)97-61-54(41(77)31(72)23-90-61)101-60-51(87)53(39(75)27(2)94-60)99-62-55(42(78)32(73)24-91-62)100-57-47(83)40(76)30(71)22-89-57/h10,26-27,29-62,70-87H,11-25H2,1-9H3. The first-order valence-corrected chi connectivity index (χ1v) is 36.3. The summed E-state index contributed by atoms with van der Waals surface area (Å²) in [6.07, 6.45) is -43.8. The summed E-state index contributed by atoms with van der Waals surface area (Å²) in [4.78, 5) is 15.4. The third-order valence-electron chi connectivity index (χ3n) is 26.5. The van der Waals surface area contributed by atoms with E-state index in [2.05, 4.69) is 54.5 Å². The maximum Gasteiger partial charge on any atom is 0.315 e. The van der Waals surface area contributed by atoms with Gasteiger partial charge in [0.25, 0.3) is 0 Å². The Kier molecular flexibility index (Phi) is 23.4. The Balaban J connectivity index is 0.711. The van der Waals surface area contributed by atoms with Crippen LogP contribution in [0, 0.1) is 50.2 Å². The molecular weight excluding hydrogens is 1360 g/mol. The van der Waals surface area contributed by atoms with Gasteiger partial charge in [0.1, 0.15) is 140 Å². The van der Waals surface area contributed by atoms with E-state index >= 15 is 4.79 Å². The summed E-state index contributed by atoms with van der Waals surface area (Å²) in [6.45, 7) is 15.9. The fourth-order valence-electron chi connectivity index (χ4n) is 19.9. The molecule has 0 aromatic carbocycles. The van der Waals surface area contributed by atoms with Gasteiger partial charge < -0.3 is 158 Å². The molecule has 0 amide bonds. The van der Waals surface area contributed by atoms with Crippen molar-refractivity contribution >= 4 is 5.97 Å². The van der Waals surface area contributed by atoms with E-state index in [0.29, 0.717) is 44.9 Å². The maximum absolute atomic E-state index is 15.4. The molecule has 4 saturated carbocycles. The minimum Gasteiger partial charge on any atom is -0.432 e. The first kappa shape index (κ1) is 79.5. The van der Waals surface area contributed by atoms with Gasteiger partial charge in [-0.3, -0.25) is 4.79 Å². The molecule has 0 spiro atoms. The van der Waals surface area contributed by atoms with E-state index < -0.39 is 251 Å². The van der Waals surface area contributed by atoms with Crippen molar-refractivity contribution in [2.75, 3.05) is 33.0 Å². The van der Waals surface area contributed by atoms with Crippen LogP contribution in [0.15, 0.2) is 11.6 Å². The van der Waals surface area contributed by atoms with Crippen molar-refractivity contribution in [2.24, 2.45) is 50.2 Å². The molecule has 7 aliphatic heterocycles. The van der Waals surface area contributed by atoms with Gasteiger partial charge in [0.15, 0.2) is 37.7 Å². The molecule has 33 heteroatoms. The van der Waals surface area contributed by atoms with Crippen LogP contribution in [-0.2, 0) is 71.1 Å². The molecule has 5 aliphatic carbocycles. The van der Waals surface area contributed by atoms with Crippen molar-refractivity contribution in [3.05, 3.63) is 11.6 Å². The van der Waals surface area contributed by atoms with Gasteiger partial charge in [-0.05, 0) is 123 Å². The predicted octanol–water partition coefficient (Wildman–Crippen LogP) is -4.59. The van der Waals surface area contributed by atoms with Gasteiger partial charge in [0.05, 0.1) is 56.8 Å². The van der Waals surface area contributed by atoms with Crippen molar-refractivity contribution in [1.82, 2.24) is 0 Å². The first-order valence-electron chi connectivity index (χ1n) is 36.3. The number of fused-ring (bicyclic) bond motifs is 7. The lowest BCUT2D eigenvalue weighted by atomic mass is 9.33. The topological polar surface area (TPSA) is 510 Å². The van der Waals surface area contributed by atoms with E-state index in [0.717, 1.165) is 19.3 Å². The van der Waals surface area contributed by atoms with Crippen LogP contribution in [0.3, 0.4) is 0 Å². The molecule has 12 aliphatic rings. The summed E-state index contributed by atoms with van der Waals surface area (Å²) in [5.41, 5.74) is -1.61. The molecule has 0 radical (unpaired) electrons. The van der Waals surface area contributed by atoms with Gasteiger partial charge >= 0.3 is 5.97 Å². The van der Waals surface area contributed by atoms with Crippen LogP contribution in [0.2, 0.25) is 0 Å². The van der Waals surface area contributed by atoms with Gasteiger partial charge in [0.2, 0.25) is 6.29 Å². The molecule has 0 aromatic heterocycles. The summed E-state index contributed by atoms with van der Waals surface area (Å²) >= 11 is 0. The Hall–Kier alpha value is -2.03. The Bertz CT molecular complexity index is 2900. The number of rotatable bonds is 16. The highest BCUT2D eigenvalue weighted by molar-refractivity contribution is 5.79. The summed E-state index contributed by atoms with van der Waals surface area (Å²) in [5, 5.41) is 197. The smallest absolute Gasteiger partial charge is 0.315 e. The Labute approximate surface area is 591 Å². The van der Waals surface area contributed by atoms with Crippen LogP contribution in [0.25, 0.3) is 0 Å². The fraction of sp³-hybridized carbons (Fsp3) is 0.957. The lowest BCUT2D eigenvalue weighted by Crippen LogP contribution is -2.66. The molecular formula is C69H112O33. The summed E-state index contributed by atoms with van der Waals surface area (Å²) < 4.78 is 83.5. The Morgan fingerprint density at radius 3 is 1.63 bits per heavy atom. The molecule has 586 valence electrons. The van der Waals surface area contributed by atoms with Crippen LogP contribution in [0.5, 0.6) is 0 Å². The molecule has 0 bridgehead atoms. The lowest BCUT2D eigenvalue weighted by molar-refractivity contribution is -0.387. The van der Waals surface area contributed by atoms with Crippen LogP contribution in [0.1, 0.15) is 127 Å². The zero-order valence-electron chi connectivity index (χ0n) is 59.1. The van der Waals surface area contributed by atoms with Crippen LogP contribution in [-0.4, -0.2) is 334 Å². The lowest BCUT2D eigenvalue weighted by Gasteiger charge is -2.71. The SMILES string of the molecule is CC1OC(OC2C(CO)OC(OCC3OC(OC(=O)C45CCC(C)(C)CC4C4=CCC6C7(C)CCC(OC8OCC(O)C(O)C8OC8OC(C)C(O)C(OC9OCC(O)C(O)C9OC9OCC(O)C(O)C9O)C8O)C(C)(C)C7CCC6(C)C4(C)CC5)C(O)C(O)C3O)C(O)C2O)C(O)C(O)C1O. The van der Waals surface area contributed by atoms with E-state index in [-0.39, 0.29) is 40.6 Å². The second-order valence-corrected chi connectivity index (χ2v) is 33.4. The van der Waals surface area contributed by atoms with Gasteiger partial charge in [-0.15, -0.1) is 0 Å². The zero-order valence-corrected chi connectivity index (χ0v) is 59.1. The van der Waals surface area contributed by atoms with Gasteiger partial charge in [-0.1, -0.05) is 60.1 Å². The van der Waals surface area contributed by atoms with Crippen molar-refractivity contribution in [1.29, 1.82) is 0 Å². The average molecular weight is 1470 g/mol. The largest absolute Gasteiger partial charge is 0.432 e. The fourth-order valence-corrected chi connectivity index (χ4v) is 19.9.